The third-order valence-electron chi connectivity index (χ3n) is 4.56. The lowest BCUT2D eigenvalue weighted by atomic mass is 10.0. The normalized spacial score (nSPS) is 18.0. The van der Waals surface area contributed by atoms with Crippen molar-refractivity contribution >= 4 is 5.91 Å². The highest BCUT2D eigenvalue weighted by atomic mass is 19.4. The molecule has 1 aliphatic rings. The van der Waals surface area contributed by atoms with Gasteiger partial charge in [-0.2, -0.15) is 13.2 Å². The van der Waals surface area contributed by atoms with Crippen molar-refractivity contribution < 1.29 is 40.6 Å². The van der Waals surface area contributed by atoms with E-state index in [0.29, 0.717) is 17.0 Å². The molecule has 0 spiro atoms. The van der Waals surface area contributed by atoms with E-state index in [1.165, 1.54) is 0 Å². The molecule has 4 N–H and O–H groups in total. The van der Waals surface area contributed by atoms with Crippen LogP contribution in [0.1, 0.15) is 23.6 Å². The molecule has 2 unspecified atom stereocenters. The average Bonchev–Trinajstić information content (AvgIpc) is 3.03. The molecule has 0 radical (unpaired) electrons. The lowest BCUT2D eigenvalue weighted by Gasteiger charge is -2.21. The maximum absolute atomic E-state index is 13.7. The number of carbonyl (C=O) groups is 1. The summed E-state index contributed by atoms with van der Waals surface area (Å²) in [4.78, 5) is 12.8. The predicted octanol–water partition coefficient (Wildman–Crippen LogP) is 0.0185. The number of hydrogen-bond acceptors (Lipinski definition) is 3. The number of H-pyrrole nitrogens is 1. The van der Waals surface area contributed by atoms with Crippen molar-refractivity contribution in [3.05, 3.63) is 46.8 Å². The fraction of sp³-hybridized carbons (Fsp3) is 0.438. The predicted molar refractivity (Wildman–Crippen MR) is 80.9 cm³/mol. The van der Waals surface area contributed by atoms with Crippen molar-refractivity contribution in [3.63, 3.8) is 0 Å². The van der Waals surface area contributed by atoms with E-state index in [0.717, 1.165) is 4.57 Å². The summed E-state index contributed by atoms with van der Waals surface area (Å²) in [6.45, 7) is 0.00827. The Hall–Kier alpha value is -2.47. The van der Waals surface area contributed by atoms with Crippen LogP contribution in [0.3, 0.4) is 0 Å². The monoisotopic (exact) mass is 409 g/mol. The van der Waals surface area contributed by atoms with Crippen LogP contribution in [0.25, 0.3) is 0 Å². The van der Waals surface area contributed by atoms with Crippen molar-refractivity contribution in [1.82, 2.24) is 10.2 Å². The number of quaternary nitrogens is 1. The van der Waals surface area contributed by atoms with E-state index in [4.69, 9.17) is 5.73 Å². The van der Waals surface area contributed by atoms with E-state index >= 15 is 0 Å². The van der Waals surface area contributed by atoms with E-state index in [1.807, 2.05) is 0 Å². The van der Waals surface area contributed by atoms with Gasteiger partial charge < -0.3 is 5.73 Å². The highest BCUT2D eigenvalue weighted by Crippen LogP contribution is 2.24. The summed E-state index contributed by atoms with van der Waals surface area (Å²) in [6.07, 6.45) is -4.99. The van der Waals surface area contributed by atoms with Crippen LogP contribution in [0.5, 0.6) is 0 Å². The Morgan fingerprint density at radius 2 is 1.93 bits per heavy atom. The summed E-state index contributed by atoms with van der Waals surface area (Å²) in [5, 5.41) is 5.55. The van der Waals surface area contributed by atoms with E-state index < -0.39 is 35.5 Å². The minimum absolute atomic E-state index is 0.0336. The van der Waals surface area contributed by atoms with E-state index in [9.17, 15) is 31.1 Å². The van der Waals surface area contributed by atoms with Crippen LogP contribution in [0, 0.1) is 17.5 Å². The Morgan fingerprint density at radius 1 is 1.25 bits per heavy atom. The molecule has 0 fully saturated rings. The average molecular weight is 409 g/mol. The number of nitrogens with two attached hydrogens (primary N) is 1. The molecule has 28 heavy (non-hydrogen) atoms. The van der Waals surface area contributed by atoms with E-state index in [2.05, 4.69) is 10.2 Å². The van der Waals surface area contributed by atoms with Gasteiger partial charge in [-0.15, -0.1) is 5.10 Å². The standard InChI is InChI=1S/C16H15F6N5O/c17-10-6-12(19)11(18)4-8(10)3-9(23)5-14(28)26-1-2-27-13(7-26)24-25-15(27)16(20,21)22/h4,6,9H,1-3,5,7,23H2/p+2. The number of rotatable bonds is 4. The maximum atomic E-state index is 13.7. The van der Waals surface area contributed by atoms with Crippen LogP contribution in [0.15, 0.2) is 12.1 Å². The molecule has 0 aliphatic carbocycles. The Labute approximate surface area is 154 Å². The van der Waals surface area contributed by atoms with Crippen LogP contribution in [0.2, 0.25) is 0 Å². The number of hydrogen-bond donors (Lipinski definition) is 3. The van der Waals surface area contributed by atoms with Crippen molar-refractivity contribution in [2.45, 2.75) is 38.1 Å². The Morgan fingerprint density at radius 3 is 2.61 bits per heavy atom. The molecule has 12 heteroatoms. The number of nitrogens with one attached hydrogen (secondary N) is 2. The van der Waals surface area contributed by atoms with Gasteiger partial charge in [-0.3, -0.25) is 4.90 Å². The van der Waals surface area contributed by atoms with E-state index in [-0.39, 0.29) is 49.8 Å². The molecule has 2 atom stereocenters. The molecule has 0 saturated heterocycles. The zero-order chi connectivity index (χ0) is 20.6. The molecule has 3 rings (SSSR count). The first kappa shape index (κ1) is 20.3. The fourth-order valence-electron chi connectivity index (χ4n) is 3.19. The van der Waals surface area contributed by atoms with Gasteiger partial charge in [0.15, 0.2) is 18.2 Å². The molecular weight excluding hydrogens is 392 g/mol. The molecule has 0 bridgehead atoms. The minimum atomic E-state index is -4.60. The zero-order valence-corrected chi connectivity index (χ0v) is 14.4. The molecule has 6 nitrogen and oxygen atoms in total. The second-order valence-corrected chi connectivity index (χ2v) is 6.62. The van der Waals surface area contributed by atoms with Crippen LogP contribution >= 0.6 is 0 Å². The highest BCUT2D eigenvalue weighted by molar-refractivity contribution is 5.67. The van der Waals surface area contributed by atoms with Gasteiger partial charge >= 0.3 is 17.9 Å². The Kier molecular flexibility index (Phi) is 5.44. The third-order valence-corrected chi connectivity index (χ3v) is 4.56. The van der Waals surface area contributed by atoms with Crippen molar-refractivity contribution in [2.75, 3.05) is 6.54 Å². The minimum Gasteiger partial charge on any atom is -0.327 e. The number of nitrogens with zero attached hydrogens (tertiary/aromatic N) is 2. The SMILES string of the molecule is NC(CC(=O)[NH+]1CC[n+]2c(C(F)(F)F)n[nH]c2C1)Cc1cc(F)c(F)cc1F. The van der Waals surface area contributed by atoms with Crippen molar-refractivity contribution in [1.29, 1.82) is 0 Å². The molecule has 2 heterocycles. The van der Waals surface area contributed by atoms with Gasteiger partial charge in [0, 0.05) is 17.2 Å². The molecule has 1 amide bonds. The number of alkyl halides is 3. The number of fused-ring (bicyclic) bond motifs is 1. The lowest BCUT2D eigenvalue weighted by molar-refractivity contribution is -0.905. The van der Waals surface area contributed by atoms with Crippen LogP contribution in [-0.2, 0) is 30.5 Å². The third kappa shape index (κ3) is 4.17. The largest absolute Gasteiger partial charge is 0.485 e. The van der Waals surface area contributed by atoms with Gasteiger partial charge in [0.2, 0.25) is 0 Å². The van der Waals surface area contributed by atoms with Gasteiger partial charge in [0.05, 0.1) is 6.42 Å². The second-order valence-electron chi connectivity index (χ2n) is 6.62. The molecule has 1 aromatic carbocycles. The summed E-state index contributed by atoms with van der Waals surface area (Å²) >= 11 is 0. The summed E-state index contributed by atoms with van der Waals surface area (Å²) in [5.74, 6) is -4.78. The van der Waals surface area contributed by atoms with Gasteiger partial charge in [0.1, 0.15) is 18.9 Å². The summed E-state index contributed by atoms with van der Waals surface area (Å²) < 4.78 is 79.4. The molecule has 2 aromatic rings. The molecule has 152 valence electrons. The first-order chi connectivity index (χ1) is 13.1. The molecule has 1 aliphatic heterocycles. The van der Waals surface area contributed by atoms with Gasteiger partial charge in [0.25, 0.3) is 5.82 Å². The number of halogens is 6. The van der Waals surface area contributed by atoms with Gasteiger partial charge in [-0.05, 0) is 18.1 Å². The quantitative estimate of drug-likeness (QED) is 0.379. The van der Waals surface area contributed by atoms with Crippen LogP contribution < -0.4 is 15.2 Å². The summed E-state index contributed by atoms with van der Waals surface area (Å²) in [7, 11) is 0. The zero-order valence-electron chi connectivity index (χ0n) is 14.4. The number of carbonyl (C=O) groups excluding carboxylic acids is 1. The van der Waals surface area contributed by atoms with Crippen LogP contribution in [0.4, 0.5) is 26.3 Å². The van der Waals surface area contributed by atoms with Gasteiger partial charge in [-0.1, -0.05) is 0 Å². The fourth-order valence-corrected chi connectivity index (χ4v) is 3.19. The second kappa shape index (κ2) is 7.51. The number of amides is 1. The first-order valence-electron chi connectivity index (χ1n) is 8.37. The molecule has 0 saturated carbocycles. The topological polar surface area (TPSA) is 80.1 Å². The summed E-state index contributed by atoms with van der Waals surface area (Å²) in [6, 6.07) is 0.236. The highest BCUT2D eigenvalue weighted by Gasteiger charge is 2.47. The van der Waals surface area contributed by atoms with Crippen LogP contribution in [-0.4, -0.2) is 28.7 Å². The van der Waals surface area contributed by atoms with Crippen molar-refractivity contribution in [3.8, 4) is 0 Å². The van der Waals surface area contributed by atoms with Crippen molar-refractivity contribution in [2.24, 2.45) is 5.73 Å². The summed E-state index contributed by atoms with van der Waals surface area (Å²) in [5.41, 5.74) is 5.68. The lowest BCUT2D eigenvalue weighted by Crippen LogP contribution is -3.15. The van der Waals surface area contributed by atoms with Gasteiger partial charge in [-0.25, -0.2) is 22.5 Å². The first-order valence-corrected chi connectivity index (χ1v) is 8.37. The number of benzene rings is 1. The maximum Gasteiger partial charge on any atom is 0.485 e. The Balaban J connectivity index is 1.63. The Bertz CT molecular complexity index is 896. The molecule has 1 aromatic heterocycles. The molecular formula is C16H17F6N5O+2. The number of aromatic nitrogens is 3. The number of aromatic amines is 1. The van der Waals surface area contributed by atoms with E-state index in [1.54, 1.807) is 0 Å². The smallest absolute Gasteiger partial charge is 0.327 e.